The van der Waals surface area contributed by atoms with Crippen molar-refractivity contribution in [3.05, 3.63) is 46.5 Å². The first-order chi connectivity index (χ1) is 8.69. The number of hydrogen-bond donors (Lipinski definition) is 1. The molecule has 2 rings (SSSR count). The summed E-state index contributed by atoms with van der Waals surface area (Å²) in [6, 6.07) is 4.42. The van der Waals surface area contributed by atoms with Crippen molar-refractivity contribution in [1.82, 2.24) is 15.0 Å². The molecule has 0 aliphatic carbocycles. The zero-order valence-corrected chi connectivity index (χ0v) is 10.4. The molecule has 0 radical (unpaired) electrons. The molecular weight excluding hydrogens is 257 g/mol. The minimum atomic E-state index is -0.313. The van der Waals surface area contributed by atoms with Crippen LogP contribution in [-0.2, 0) is 13.0 Å². The van der Waals surface area contributed by atoms with E-state index in [0.29, 0.717) is 30.0 Å². The molecule has 0 aliphatic rings. The molecule has 6 heteroatoms. The van der Waals surface area contributed by atoms with Gasteiger partial charge in [0.1, 0.15) is 5.82 Å². The van der Waals surface area contributed by atoms with E-state index in [1.54, 1.807) is 16.9 Å². The predicted octanol–water partition coefficient (Wildman–Crippen LogP) is 2.04. The fourth-order valence-electron chi connectivity index (χ4n) is 1.63. The summed E-state index contributed by atoms with van der Waals surface area (Å²) in [5.41, 5.74) is 1.26. The van der Waals surface area contributed by atoms with Crippen LogP contribution in [0.15, 0.2) is 24.4 Å². The molecule has 1 heterocycles. The van der Waals surface area contributed by atoms with Gasteiger partial charge in [0.05, 0.1) is 12.2 Å². The molecule has 0 spiro atoms. The Morgan fingerprint density at radius 3 is 3.00 bits per heavy atom. The van der Waals surface area contributed by atoms with Gasteiger partial charge >= 0.3 is 0 Å². The standard InChI is InChI=1S/C12H13ClFN3O/c13-10-3-4-12(14)9(6-10)7-17-8-11(15-16-17)2-1-5-18/h3-4,6,8,18H,1-2,5,7H2. The van der Waals surface area contributed by atoms with Crippen molar-refractivity contribution in [1.29, 1.82) is 0 Å². The number of nitrogens with zero attached hydrogens (tertiary/aromatic N) is 3. The molecule has 0 saturated carbocycles. The number of aliphatic hydroxyl groups excluding tert-OH is 1. The molecule has 18 heavy (non-hydrogen) atoms. The Kier molecular flexibility index (Phi) is 4.28. The number of aromatic nitrogens is 3. The number of halogens is 2. The second-order valence-corrected chi connectivity index (χ2v) is 4.41. The summed E-state index contributed by atoms with van der Waals surface area (Å²) in [6.07, 6.45) is 3.05. The van der Waals surface area contributed by atoms with E-state index in [4.69, 9.17) is 16.7 Å². The van der Waals surface area contributed by atoms with Gasteiger partial charge in [0.15, 0.2) is 0 Å². The van der Waals surface area contributed by atoms with Crippen LogP contribution in [0.5, 0.6) is 0 Å². The zero-order chi connectivity index (χ0) is 13.0. The van der Waals surface area contributed by atoms with E-state index in [2.05, 4.69) is 10.3 Å². The molecule has 0 saturated heterocycles. The predicted molar refractivity (Wildman–Crippen MR) is 65.9 cm³/mol. The largest absolute Gasteiger partial charge is 0.396 e. The van der Waals surface area contributed by atoms with Crippen LogP contribution in [0.4, 0.5) is 4.39 Å². The minimum Gasteiger partial charge on any atom is -0.396 e. The Bertz CT molecular complexity index is 530. The van der Waals surface area contributed by atoms with Crippen molar-refractivity contribution < 1.29 is 9.50 Å². The van der Waals surface area contributed by atoms with Gasteiger partial charge in [-0.2, -0.15) is 0 Å². The lowest BCUT2D eigenvalue weighted by atomic mass is 10.2. The van der Waals surface area contributed by atoms with Crippen molar-refractivity contribution >= 4 is 11.6 Å². The SMILES string of the molecule is OCCCc1cn(Cc2cc(Cl)ccc2F)nn1. The quantitative estimate of drug-likeness (QED) is 0.904. The first kappa shape index (κ1) is 13.0. The van der Waals surface area contributed by atoms with E-state index < -0.39 is 0 Å². The van der Waals surface area contributed by atoms with Crippen molar-refractivity contribution in [2.75, 3.05) is 6.61 Å². The van der Waals surface area contributed by atoms with Crippen LogP contribution in [0.3, 0.4) is 0 Å². The third-order valence-electron chi connectivity index (χ3n) is 2.52. The number of aryl methyl sites for hydroxylation is 1. The summed E-state index contributed by atoms with van der Waals surface area (Å²) in [5.74, 6) is -0.313. The van der Waals surface area contributed by atoms with E-state index in [9.17, 15) is 4.39 Å². The fraction of sp³-hybridized carbons (Fsp3) is 0.333. The molecule has 0 unspecified atom stereocenters. The van der Waals surface area contributed by atoms with E-state index >= 15 is 0 Å². The molecule has 0 atom stereocenters. The van der Waals surface area contributed by atoms with Gasteiger partial charge in [0.2, 0.25) is 0 Å². The monoisotopic (exact) mass is 269 g/mol. The van der Waals surface area contributed by atoms with E-state index in [-0.39, 0.29) is 12.4 Å². The lowest BCUT2D eigenvalue weighted by Gasteiger charge is -2.03. The minimum absolute atomic E-state index is 0.121. The van der Waals surface area contributed by atoms with E-state index in [0.717, 1.165) is 5.69 Å². The van der Waals surface area contributed by atoms with Gasteiger partial charge in [-0.3, -0.25) is 0 Å². The van der Waals surface area contributed by atoms with Gasteiger partial charge in [0.25, 0.3) is 0 Å². The molecule has 96 valence electrons. The van der Waals surface area contributed by atoms with Gasteiger partial charge in [-0.15, -0.1) is 5.10 Å². The third kappa shape index (κ3) is 3.27. The number of aliphatic hydroxyl groups is 1. The molecule has 0 fully saturated rings. The molecule has 0 amide bonds. The average molecular weight is 270 g/mol. The van der Waals surface area contributed by atoms with E-state index in [1.165, 1.54) is 12.1 Å². The maximum Gasteiger partial charge on any atom is 0.128 e. The van der Waals surface area contributed by atoms with Gasteiger partial charge < -0.3 is 5.11 Å². The summed E-state index contributed by atoms with van der Waals surface area (Å²) in [7, 11) is 0. The summed E-state index contributed by atoms with van der Waals surface area (Å²) >= 11 is 5.82. The Balaban J connectivity index is 2.08. The molecule has 2 aromatic rings. The average Bonchev–Trinajstić information content (AvgIpc) is 2.79. The molecule has 4 nitrogen and oxygen atoms in total. The van der Waals surface area contributed by atoms with Gasteiger partial charge in [-0.25, -0.2) is 9.07 Å². The van der Waals surface area contributed by atoms with Crippen molar-refractivity contribution in [2.45, 2.75) is 19.4 Å². The number of hydrogen-bond acceptors (Lipinski definition) is 3. The summed E-state index contributed by atoms with van der Waals surface area (Å²) in [5, 5.41) is 17.1. The highest BCUT2D eigenvalue weighted by molar-refractivity contribution is 6.30. The maximum absolute atomic E-state index is 13.5. The van der Waals surface area contributed by atoms with Crippen molar-refractivity contribution in [3.8, 4) is 0 Å². The van der Waals surface area contributed by atoms with Crippen molar-refractivity contribution in [2.24, 2.45) is 0 Å². The van der Waals surface area contributed by atoms with Crippen LogP contribution in [0.2, 0.25) is 5.02 Å². The second kappa shape index (κ2) is 5.93. The number of rotatable bonds is 5. The summed E-state index contributed by atoms with van der Waals surface area (Å²) in [4.78, 5) is 0. The van der Waals surface area contributed by atoms with E-state index in [1.807, 2.05) is 0 Å². The molecular formula is C12H13ClFN3O. The van der Waals surface area contributed by atoms with Crippen LogP contribution < -0.4 is 0 Å². The number of benzene rings is 1. The lowest BCUT2D eigenvalue weighted by molar-refractivity contribution is 0.288. The zero-order valence-electron chi connectivity index (χ0n) is 9.68. The molecule has 1 N–H and O–H groups in total. The molecule has 0 bridgehead atoms. The van der Waals surface area contributed by atoms with Crippen LogP contribution in [0.25, 0.3) is 0 Å². The van der Waals surface area contributed by atoms with Gasteiger partial charge in [-0.1, -0.05) is 16.8 Å². The summed E-state index contributed by atoms with van der Waals surface area (Å²) < 4.78 is 15.1. The molecule has 0 aliphatic heterocycles. The van der Waals surface area contributed by atoms with Crippen LogP contribution >= 0.6 is 11.6 Å². The first-order valence-electron chi connectivity index (χ1n) is 5.63. The maximum atomic E-state index is 13.5. The topological polar surface area (TPSA) is 50.9 Å². The van der Waals surface area contributed by atoms with Gasteiger partial charge in [0, 0.05) is 23.4 Å². The fourth-order valence-corrected chi connectivity index (χ4v) is 1.82. The van der Waals surface area contributed by atoms with Gasteiger partial charge in [-0.05, 0) is 31.0 Å². The Hall–Kier alpha value is -1.46. The highest BCUT2D eigenvalue weighted by atomic mass is 35.5. The normalized spacial score (nSPS) is 10.8. The summed E-state index contributed by atoms with van der Waals surface area (Å²) in [6.45, 7) is 0.411. The third-order valence-corrected chi connectivity index (χ3v) is 2.75. The first-order valence-corrected chi connectivity index (χ1v) is 6.00. The van der Waals surface area contributed by atoms with Crippen LogP contribution in [-0.4, -0.2) is 26.7 Å². The smallest absolute Gasteiger partial charge is 0.128 e. The second-order valence-electron chi connectivity index (χ2n) is 3.97. The van der Waals surface area contributed by atoms with Crippen molar-refractivity contribution in [3.63, 3.8) is 0 Å². The molecule has 1 aromatic carbocycles. The molecule has 1 aromatic heterocycles. The highest BCUT2D eigenvalue weighted by Gasteiger charge is 2.06. The Morgan fingerprint density at radius 2 is 2.22 bits per heavy atom. The van der Waals surface area contributed by atoms with Crippen LogP contribution in [0, 0.1) is 5.82 Å². The Morgan fingerprint density at radius 1 is 1.39 bits per heavy atom. The Labute approximate surface area is 109 Å². The highest BCUT2D eigenvalue weighted by Crippen LogP contribution is 2.15. The van der Waals surface area contributed by atoms with Crippen LogP contribution in [0.1, 0.15) is 17.7 Å². The lowest BCUT2D eigenvalue weighted by Crippen LogP contribution is -2.02.